The molecule has 1 amide bonds. The Morgan fingerprint density at radius 3 is 2.53 bits per heavy atom. The Morgan fingerprint density at radius 1 is 1.17 bits per heavy atom. The van der Waals surface area contributed by atoms with E-state index in [1.807, 2.05) is 51.1 Å². The zero-order valence-corrected chi connectivity index (χ0v) is 18.1. The van der Waals surface area contributed by atoms with E-state index in [0.717, 1.165) is 30.2 Å². The molecule has 3 heterocycles. The van der Waals surface area contributed by atoms with Gasteiger partial charge in [0.2, 0.25) is 5.89 Å². The van der Waals surface area contributed by atoms with Crippen LogP contribution in [0.5, 0.6) is 0 Å². The number of carbonyl (C=O) groups is 1. The number of hydrogen-bond acceptors (Lipinski definition) is 6. The molecule has 8 nitrogen and oxygen atoms in total. The first-order valence-electron chi connectivity index (χ1n) is 10.2. The summed E-state index contributed by atoms with van der Waals surface area (Å²) in [6.07, 6.45) is 0. The van der Waals surface area contributed by atoms with Crippen molar-refractivity contribution < 1.29 is 9.32 Å². The lowest BCUT2D eigenvalue weighted by atomic mass is 9.86. The first-order chi connectivity index (χ1) is 14.2. The molecule has 8 heteroatoms. The van der Waals surface area contributed by atoms with E-state index in [-0.39, 0.29) is 11.3 Å². The summed E-state index contributed by atoms with van der Waals surface area (Å²) in [5.41, 5.74) is 2.07. The van der Waals surface area contributed by atoms with E-state index < -0.39 is 6.04 Å². The van der Waals surface area contributed by atoms with E-state index in [9.17, 15) is 4.79 Å². The summed E-state index contributed by atoms with van der Waals surface area (Å²) in [7, 11) is 2.06. The minimum absolute atomic E-state index is 0.230. The fraction of sp³-hybridized carbons (Fsp3) is 0.455. The van der Waals surface area contributed by atoms with Crippen LogP contribution in [0.1, 0.15) is 54.7 Å². The number of aromatic nitrogens is 4. The Morgan fingerprint density at radius 2 is 1.90 bits per heavy atom. The minimum atomic E-state index is -0.426. The third kappa shape index (κ3) is 3.87. The monoisotopic (exact) mass is 408 g/mol. The maximum atomic E-state index is 13.4. The molecule has 1 aliphatic heterocycles. The van der Waals surface area contributed by atoms with Gasteiger partial charge in [0, 0.05) is 25.2 Å². The van der Waals surface area contributed by atoms with E-state index in [1.165, 1.54) is 0 Å². The van der Waals surface area contributed by atoms with Crippen molar-refractivity contribution in [2.45, 2.75) is 46.8 Å². The van der Waals surface area contributed by atoms with E-state index in [2.05, 4.69) is 32.0 Å². The molecule has 158 valence electrons. The predicted octanol–water partition coefficient (Wildman–Crippen LogP) is 3.20. The highest BCUT2D eigenvalue weighted by Gasteiger charge is 2.35. The molecule has 30 heavy (non-hydrogen) atoms. The number of benzene rings is 1. The van der Waals surface area contributed by atoms with E-state index in [0.29, 0.717) is 24.0 Å². The van der Waals surface area contributed by atoms with Crippen LogP contribution in [0.3, 0.4) is 0 Å². The molecule has 1 aromatic carbocycles. The second kappa shape index (κ2) is 7.68. The first kappa shape index (κ1) is 20.3. The molecule has 1 unspecified atom stereocenters. The Labute approximate surface area is 176 Å². The van der Waals surface area contributed by atoms with E-state index in [1.54, 1.807) is 6.92 Å². The van der Waals surface area contributed by atoms with Crippen molar-refractivity contribution in [2.75, 3.05) is 13.6 Å². The van der Waals surface area contributed by atoms with Gasteiger partial charge in [-0.15, -0.1) is 0 Å². The molecule has 3 aromatic rings. The van der Waals surface area contributed by atoms with Crippen LogP contribution in [-0.4, -0.2) is 44.1 Å². The van der Waals surface area contributed by atoms with Gasteiger partial charge >= 0.3 is 0 Å². The molecule has 0 radical (unpaired) electrons. The number of amides is 1. The van der Waals surface area contributed by atoms with Crippen LogP contribution in [-0.2, 0) is 13.1 Å². The highest BCUT2D eigenvalue weighted by molar-refractivity contribution is 5.94. The molecular weight excluding hydrogens is 380 g/mol. The molecule has 0 saturated carbocycles. The summed E-state index contributed by atoms with van der Waals surface area (Å²) in [5, 5.41) is 6.99. The number of hydrogen-bond donors (Lipinski definition) is 1. The van der Waals surface area contributed by atoms with Crippen molar-refractivity contribution in [2.24, 2.45) is 5.41 Å². The Balaban J connectivity index is 1.72. The number of nitrogens with zero attached hydrogens (tertiary/aromatic N) is 5. The van der Waals surface area contributed by atoms with Crippen LogP contribution >= 0.6 is 0 Å². The van der Waals surface area contributed by atoms with Crippen LogP contribution in [0.25, 0.3) is 11.4 Å². The SMILES string of the molecule is Cc1noc(C(NC(=O)c2nc(-c3ccccc3)n3c2CN(C)CC3)C(C)(C)C)n1. The average Bonchev–Trinajstić information content (AvgIpc) is 3.29. The lowest BCUT2D eigenvalue weighted by Crippen LogP contribution is -2.38. The van der Waals surface area contributed by atoms with Crippen molar-refractivity contribution in [3.05, 3.63) is 53.4 Å². The third-order valence-corrected chi connectivity index (χ3v) is 5.38. The largest absolute Gasteiger partial charge is 0.338 e. The normalized spacial score (nSPS) is 15.6. The second-order valence-corrected chi connectivity index (χ2v) is 8.94. The third-order valence-electron chi connectivity index (χ3n) is 5.38. The van der Waals surface area contributed by atoms with Crippen LogP contribution in [0.2, 0.25) is 0 Å². The fourth-order valence-electron chi connectivity index (χ4n) is 3.76. The summed E-state index contributed by atoms with van der Waals surface area (Å²) >= 11 is 0. The number of nitrogens with one attached hydrogen (secondary N) is 1. The van der Waals surface area contributed by atoms with Gasteiger partial charge in [0.15, 0.2) is 11.5 Å². The minimum Gasteiger partial charge on any atom is -0.338 e. The molecular formula is C22H28N6O2. The van der Waals surface area contributed by atoms with Gasteiger partial charge in [-0.25, -0.2) is 4.98 Å². The molecule has 0 bridgehead atoms. The van der Waals surface area contributed by atoms with Gasteiger partial charge in [-0.3, -0.25) is 9.69 Å². The molecule has 1 N–H and O–H groups in total. The number of imidazole rings is 1. The highest BCUT2D eigenvalue weighted by atomic mass is 16.5. The predicted molar refractivity (Wildman–Crippen MR) is 113 cm³/mol. The van der Waals surface area contributed by atoms with Gasteiger partial charge in [-0.1, -0.05) is 56.3 Å². The van der Waals surface area contributed by atoms with Crippen LogP contribution < -0.4 is 5.32 Å². The van der Waals surface area contributed by atoms with Crippen molar-refractivity contribution in [1.82, 2.24) is 29.9 Å². The quantitative estimate of drug-likeness (QED) is 0.713. The number of fused-ring (bicyclic) bond motifs is 1. The average molecular weight is 409 g/mol. The van der Waals surface area contributed by atoms with Gasteiger partial charge in [-0.2, -0.15) is 4.98 Å². The van der Waals surface area contributed by atoms with Crippen LogP contribution in [0.4, 0.5) is 0 Å². The molecule has 1 aliphatic rings. The molecule has 0 aliphatic carbocycles. The number of rotatable bonds is 4. The number of aryl methyl sites for hydroxylation is 1. The lowest BCUT2D eigenvalue weighted by molar-refractivity contribution is 0.0873. The summed E-state index contributed by atoms with van der Waals surface area (Å²) in [6.45, 7) is 10.2. The molecule has 4 rings (SSSR count). The molecule has 2 aromatic heterocycles. The number of carbonyl (C=O) groups excluding carboxylic acids is 1. The van der Waals surface area contributed by atoms with Gasteiger partial charge in [0.1, 0.15) is 11.9 Å². The molecule has 0 fully saturated rings. The van der Waals surface area contributed by atoms with Crippen molar-refractivity contribution in [3.8, 4) is 11.4 Å². The maximum Gasteiger partial charge on any atom is 0.272 e. The highest BCUT2D eigenvalue weighted by Crippen LogP contribution is 2.33. The van der Waals surface area contributed by atoms with Gasteiger partial charge in [-0.05, 0) is 19.4 Å². The summed E-state index contributed by atoms with van der Waals surface area (Å²) in [4.78, 5) is 24.7. The van der Waals surface area contributed by atoms with Gasteiger partial charge < -0.3 is 14.4 Å². The first-order valence-corrected chi connectivity index (χ1v) is 10.2. The Kier molecular flexibility index (Phi) is 5.19. The fourth-order valence-corrected chi connectivity index (χ4v) is 3.76. The smallest absolute Gasteiger partial charge is 0.272 e. The molecule has 0 saturated heterocycles. The van der Waals surface area contributed by atoms with Crippen molar-refractivity contribution >= 4 is 5.91 Å². The Hall–Kier alpha value is -3.00. The number of likely N-dealkylation sites (N-methyl/N-ethyl adjacent to an activating group) is 1. The van der Waals surface area contributed by atoms with Crippen molar-refractivity contribution in [3.63, 3.8) is 0 Å². The summed E-state index contributed by atoms with van der Waals surface area (Å²) < 4.78 is 7.54. The summed E-state index contributed by atoms with van der Waals surface area (Å²) in [6, 6.07) is 9.57. The Bertz CT molecular complexity index is 1050. The van der Waals surface area contributed by atoms with Crippen LogP contribution in [0.15, 0.2) is 34.9 Å². The van der Waals surface area contributed by atoms with Gasteiger partial charge in [0.25, 0.3) is 5.91 Å². The second-order valence-electron chi connectivity index (χ2n) is 8.94. The zero-order valence-electron chi connectivity index (χ0n) is 18.1. The lowest BCUT2D eigenvalue weighted by Gasteiger charge is -2.29. The van der Waals surface area contributed by atoms with Crippen LogP contribution in [0, 0.1) is 12.3 Å². The van der Waals surface area contributed by atoms with E-state index >= 15 is 0 Å². The molecule has 1 atom stereocenters. The zero-order chi connectivity index (χ0) is 21.5. The molecule has 0 spiro atoms. The summed E-state index contributed by atoms with van der Waals surface area (Å²) in [5.74, 6) is 1.54. The topological polar surface area (TPSA) is 89.1 Å². The standard InChI is InChI=1S/C22H28N6O2/c1-14-23-21(30-26-14)18(22(2,3)4)25-20(29)17-16-13-27(5)11-12-28(16)19(24-17)15-9-7-6-8-10-15/h6-10,18H,11-13H2,1-5H3,(H,25,29). The van der Waals surface area contributed by atoms with Gasteiger partial charge in [0.05, 0.1) is 5.69 Å². The maximum absolute atomic E-state index is 13.4. The van der Waals surface area contributed by atoms with Crippen molar-refractivity contribution in [1.29, 1.82) is 0 Å². The van der Waals surface area contributed by atoms with E-state index in [4.69, 9.17) is 9.51 Å².